The first-order valence-corrected chi connectivity index (χ1v) is 13.7. The van der Waals surface area contributed by atoms with Crippen LogP contribution in [0.2, 0.25) is 0 Å². The molecule has 8 nitrogen and oxygen atoms in total. The third-order valence-electron chi connectivity index (χ3n) is 7.72. The molecule has 1 atom stereocenters. The number of hydrogen-bond donors (Lipinski definition) is 1. The first kappa shape index (κ1) is 27.1. The van der Waals surface area contributed by atoms with Gasteiger partial charge in [-0.25, -0.2) is 4.98 Å². The number of β-amino-alcohol motifs (C(OH)–C–C–N with tert-alkyl or cyclic N) is 1. The predicted molar refractivity (Wildman–Crippen MR) is 149 cm³/mol. The number of oxazole rings is 1. The SMILES string of the molecule is Cc1cc(-c2cc(N3CCCCC3)c(=O)n(-c3cc(N4CC[C@H](O)C4)ccc3C(F)(F)F)n2)cc(-c2cnco2)c1. The van der Waals surface area contributed by atoms with E-state index in [-0.39, 0.29) is 5.69 Å². The maximum absolute atomic E-state index is 14.4. The number of nitrogens with zero attached hydrogens (tertiary/aromatic N) is 5. The molecule has 0 aliphatic carbocycles. The molecule has 0 unspecified atom stereocenters. The van der Waals surface area contributed by atoms with Crippen molar-refractivity contribution in [2.75, 3.05) is 36.0 Å². The van der Waals surface area contributed by atoms with Gasteiger partial charge in [-0.1, -0.05) is 0 Å². The number of anilines is 2. The van der Waals surface area contributed by atoms with Crippen LogP contribution in [-0.2, 0) is 6.18 Å². The van der Waals surface area contributed by atoms with E-state index in [2.05, 4.69) is 10.1 Å². The lowest BCUT2D eigenvalue weighted by molar-refractivity contribution is -0.137. The van der Waals surface area contributed by atoms with Crippen LogP contribution in [0.1, 0.15) is 36.8 Å². The molecule has 0 saturated carbocycles. The summed E-state index contributed by atoms with van der Waals surface area (Å²) in [6.45, 7) is 3.98. The van der Waals surface area contributed by atoms with Gasteiger partial charge in [0.2, 0.25) is 0 Å². The number of aryl methyl sites for hydroxylation is 1. The van der Waals surface area contributed by atoms with Crippen molar-refractivity contribution in [3.05, 3.63) is 76.5 Å². The van der Waals surface area contributed by atoms with Crippen LogP contribution in [0.15, 0.2) is 64.3 Å². The summed E-state index contributed by atoms with van der Waals surface area (Å²) < 4.78 is 49.4. The van der Waals surface area contributed by atoms with Gasteiger partial charge in [0.25, 0.3) is 5.56 Å². The Bertz CT molecular complexity index is 1610. The quantitative estimate of drug-likeness (QED) is 0.345. The van der Waals surface area contributed by atoms with Gasteiger partial charge in [-0.2, -0.15) is 23.0 Å². The summed E-state index contributed by atoms with van der Waals surface area (Å²) in [4.78, 5) is 21.7. The molecule has 41 heavy (non-hydrogen) atoms. The molecule has 2 aliphatic heterocycles. The number of piperidine rings is 1. The molecule has 0 spiro atoms. The zero-order chi connectivity index (χ0) is 28.7. The first-order valence-electron chi connectivity index (χ1n) is 13.7. The number of rotatable bonds is 5. The van der Waals surface area contributed by atoms with Crippen LogP contribution in [0.4, 0.5) is 24.5 Å². The fourth-order valence-electron chi connectivity index (χ4n) is 5.69. The van der Waals surface area contributed by atoms with Crippen molar-refractivity contribution in [1.29, 1.82) is 0 Å². The van der Waals surface area contributed by atoms with Crippen LogP contribution < -0.4 is 15.4 Å². The maximum Gasteiger partial charge on any atom is 0.418 e. The van der Waals surface area contributed by atoms with Crippen molar-refractivity contribution < 1.29 is 22.7 Å². The average Bonchev–Trinajstić information content (AvgIpc) is 3.65. The van der Waals surface area contributed by atoms with Gasteiger partial charge >= 0.3 is 6.18 Å². The molecule has 0 amide bonds. The Morgan fingerprint density at radius 1 is 0.951 bits per heavy atom. The summed E-state index contributed by atoms with van der Waals surface area (Å²) in [5, 5.41) is 14.6. The molecule has 0 radical (unpaired) electrons. The lowest BCUT2D eigenvalue weighted by Crippen LogP contribution is -2.37. The summed E-state index contributed by atoms with van der Waals surface area (Å²) in [6, 6.07) is 11.0. The summed E-state index contributed by atoms with van der Waals surface area (Å²) >= 11 is 0. The van der Waals surface area contributed by atoms with Gasteiger partial charge in [0.05, 0.1) is 29.2 Å². The first-order chi connectivity index (χ1) is 19.7. The highest BCUT2D eigenvalue weighted by atomic mass is 19.4. The molecule has 2 aromatic heterocycles. The number of aromatic nitrogens is 3. The van der Waals surface area contributed by atoms with Crippen LogP contribution in [0.5, 0.6) is 0 Å². The third-order valence-corrected chi connectivity index (χ3v) is 7.72. The zero-order valence-corrected chi connectivity index (χ0v) is 22.6. The molecule has 2 aromatic carbocycles. The molecule has 4 heterocycles. The smallest absolute Gasteiger partial charge is 0.418 e. The third kappa shape index (κ3) is 5.46. The molecular formula is C30H30F3N5O3. The van der Waals surface area contributed by atoms with E-state index < -0.39 is 23.4 Å². The Kier molecular flexibility index (Phi) is 7.06. The second kappa shape index (κ2) is 10.7. The fraction of sp³-hybridized carbons (Fsp3) is 0.367. The number of alkyl halides is 3. The Labute approximate surface area is 234 Å². The van der Waals surface area contributed by atoms with E-state index in [1.54, 1.807) is 12.3 Å². The van der Waals surface area contributed by atoms with E-state index in [0.29, 0.717) is 61.0 Å². The normalized spacial score (nSPS) is 17.8. The maximum atomic E-state index is 14.4. The summed E-state index contributed by atoms with van der Waals surface area (Å²) in [6.07, 6.45) is 0.958. The van der Waals surface area contributed by atoms with E-state index in [0.717, 1.165) is 41.1 Å². The molecular weight excluding hydrogens is 535 g/mol. The van der Waals surface area contributed by atoms with Crippen LogP contribution in [-0.4, -0.2) is 52.2 Å². The highest BCUT2D eigenvalue weighted by Gasteiger charge is 2.36. The number of benzene rings is 2. The minimum Gasteiger partial charge on any atom is -0.444 e. The van der Waals surface area contributed by atoms with Gasteiger partial charge in [0.1, 0.15) is 5.69 Å². The number of aliphatic hydroxyl groups is 1. The Morgan fingerprint density at radius 3 is 2.41 bits per heavy atom. The van der Waals surface area contributed by atoms with Crippen LogP contribution in [0.3, 0.4) is 0 Å². The molecule has 11 heteroatoms. The fourth-order valence-corrected chi connectivity index (χ4v) is 5.69. The van der Waals surface area contributed by atoms with Crippen molar-refractivity contribution in [2.24, 2.45) is 0 Å². The number of aliphatic hydroxyl groups excluding tert-OH is 1. The zero-order valence-electron chi connectivity index (χ0n) is 22.6. The van der Waals surface area contributed by atoms with Crippen LogP contribution >= 0.6 is 0 Å². The second-order valence-electron chi connectivity index (χ2n) is 10.7. The molecule has 0 bridgehead atoms. The summed E-state index contributed by atoms with van der Waals surface area (Å²) in [5.41, 5.74) is 1.52. The largest absolute Gasteiger partial charge is 0.444 e. The van der Waals surface area contributed by atoms with Crippen molar-refractivity contribution in [1.82, 2.24) is 14.8 Å². The van der Waals surface area contributed by atoms with Crippen molar-refractivity contribution in [3.63, 3.8) is 0 Å². The van der Waals surface area contributed by atoms with Crippen molar-refractivity contribution >= 4 is 11.4 Å². The lowest BCUT2D eigenvalue weighted by Gasteiger charge is -2.29. The molecule has 2 aliphatic rings. The van der Waals surface area contributed by atoms with Gasteiger partial charge in [-0.05, 0) is 80.6 Å². The Balaban J connectivity index is 1.57. The Hall–Kier alpha value is -4.12. The topological polar surface area (TPSA) is 87.6 Å². The lowest BCUT2D eigenvalue weighted by atomic mass is 10.0. The van der Waals surface area contributed by atoms with Gasteiger partial charge < -0.3 is 19.3 Å². The molecule has 4 aromatic rings. The van der Waals surface area contributed by atoms with Gasteiger partial charge in [0, 0.05) is 43.0 Å². The Morgan fingerprint density at radius 2 is 1.73 bits per heavy atom. The van der Waals surface area contributed by atoms with Gasteiger partial charge in [-0.3, -0.25) is 4.79 Å². The van der Waals surface area contributed by atoms with E-state index in [4.69, 9.17) is 4.42 Å². The standard InChI is InChI=1S/C30H30F3N5O3/c1-19-11-20(13-21(12-19)28-16-34-18-41-28)25-15-27(36-8-3-2-4-9-36)29(40)38(35-25)26-14-22(37-10-7-23(39)17-37)5-6-24(26)30(31,32)33/h5-6,11-16,18,23,39H,2-4,7-10,17H2,1H3/t23-/m0/s1. The highest BCUT2D eigenvalue weighted by molar-refractivity contribution is 5.72. The second-order valence-corrected chi connectivity index (χ2v) is 10.7. The minimum atomic E-state index is -4.72. The van der Waals surface area contributed by atoms with E-state index >= 15 is 0 Å². The van der Waals surface area contributed by atoms with Crippen molar-refractivity contribution in [3.8, 4) is 28.3 Å². The number of hydrogen-bond acceptors (Lipinski definition) is 7. The predicted octanol–water partition coefficient (Wildman–Crippen LogP) is 5.44. The minimum absolute atomic E-state index is 0.305. The van der Waals surface area contributed by atoms with Crippen LogP contribution in [0.25, 0.3) is 28.3 Å². The highest BCUT2D eigenvalue weighted by Crippen LogP contribution is 2.37. The monoisotopic (exact) mass is 565 g/mol. The number of halogens is 3. The summed E-state index contributed by atoms with van der Waals surface area (Å²) in [5.74, 6) is 0.541. The molecule has 2 saturated heterocycles. The van der Waals surface area contributed by atoms with E-state index in [1.807, 2.05) is 34.9 Å². The average molecular weight is 566 g/mol. The molecule has 214 valence electrons. The molecule has 2 fully saturated rings. The van der Waals surface area contributed by atoms with Crippen molar-refractivity contribution in [2.45, 2.75) is 44.9 Å². The van der Waals surface area contributed by atoms with Crippen LogP contribution in [0, 0.1) is 6.92 Å². The van der Waals surface area contributed by atoms with Gasteiger partial charge in [0.15, 0.2) is 12.2 Å². The molecule has 1 N–H and O–H groups in total. The summed E-state index contributed by atoms with van der Waals surface area (Å²) in [7, 11) is 0. The van der Waals surface area contributed by atoms with E-state index in [9.17, 15) is 23.1 Å². The molecule has 6 rings (SSSR count). The van der Waals surface area contributed by atoms with E-state index in [1.165, 1.54) is 18.5 Å². The van der Waals surface area contributed by atoms with Gasteiger partial charge in [-0.15, -0.1) is 0 Å².